The van der Waals surface area contributed by atoms with Crippen LogP contribution in [-0.2, 0) is 9.53 Å². The van der Waals surface area contributed by atoms with Gasteiger partial charge in [0.1, 0.15) is 0 Å². The predicted octanol–water partition coefficient (Wildman–Crippen LogP) is 0.363. The molecule has 3 atom stereocenters. The van der Waals surface area contributed by atoms with Gasteiger partial charge < -0.3 is 24.9 Å². The van der Waals surface area contributed by atoms with Gasteiger partial charge in [-0.1, -0.05) is 24.3 Å². The number of aliphatic carboxylic acids is 1. The van der Waals surface area contributed by atoms with Gasteiger partial charge in [-0.15, -0.1) is 0 Å². The van der Waals surface area contributed by atoms with Gasteiger partial charge in [0.15, 0.2) is 0 Å². The molecule has 0 bridgehead atoms. The number of nitrogens with one attached hydrogen (secondary N) is 1. The van der Waals surface area contributed by atoms with E-state index in [-0.39, 0.29) is 17.7 Å². The van der Waals surface area contributed by atoms with Crippen LogP contribution in [-0.4, -0.2) is 49.1 Å². The van der Waals surface area contributed by atoms with E-state index in [1.54, 1.807) is 11.0 Å². The molecule has 1 fully saturated rings. The summed E-state index contributed by atoms with van der Waals surface area (Å²) in [7, 11) is 0. The number of rotatable bonds is 2. The van der Waals surface area contributed by atoms with Crippen LogP contribution >= 0.6 is 0 Å². The minimum Gasteiger partial charge on any atom is -0.548 e. The molecule has 4 rings (SSSR count). The fourth-order valence-electron chi connectivity index (χ4n) is 3.97. The van der Waals surface area contributed by atoms with Crippen LogP contribution in [0.3, 0.4) is 0 Å². The van der Waals surface area contributed by atoms with Gasteiger partial charge in [-0.05, 0) is 24.0 Å². The minimum atomic E-state index is -1.12. The van der Waals surface area contributed by atoms with Crippen LogP contribution in [0.4, 0.5) is 5.69 Å². The molecule has 1 saturated heterocycles. The number of morpholine rings is 1. The van der Waals surface area contributed by atoms with E-state index in [2.05, 4.69) is 5.32 Å². The van der Waals surface area contributed by atoms with E-state index in [1.165, 1.54) is 0 Å². The van der Waals surface area contributed by atoms with Crippen LogP contribution in [0.15, 0.2) is 30.4 Å². The summed E-state index contributed by atoms with van der Waals surface area (Å²) in [6.45, 7) is 2.17. The van der Waals surface area contributed by atoms with Crippen molar-refractivity contribution in [2.24, 2.45) is 5.92 Å². The lowest BCUT2D eigenvalue weighted by Gasteiger charge is -2.39. The number of carboxylic acid groups (broad SMARTS) is 1. The first-order chi connectivity index (χ1) is 11.7. The van der Waals surface area contributed by atoms with Crippen molar-refractivity contribution in [2.45, 2.75) is 18.4 Å². The van der Waals surface area contributed by atoms with E-state index in [1.807, 2.05) is 24.3 Å². The van der Waals surface area contributed by atoms with Crippen LogP contribution in [0, 0.1) is 5.92 Å². The molecule has 6 heteroatoms. The third-order valence-corrected chi connectivity index (χ3v) is 5.18. The number of fused-ring (bicyclic) bond motifs is 3. The van der Waals surface area contributed by atoms with E-state index in [0.29, 0.717) is 44.0 Å². The molecule has 1 aromatic rings. The second-order valence-electron chi connectivity index (χ2n) is 6.47. The van der Waals surface area contributed by atoms with Gasteiger partial charge in [0, 0.05) is 19.0 Å². The van der Waals surface area contributed by atoms with E-state index in [4.69, 9.17) is 4.74 Å². The first kappa shape index (κ1) is 15.2. The first-order valence-electron chi connectivity index (χ1n) is 8.31. The lowest BCUT2D eigenvalue weighted by molar-refractivity contribution is -0.308. The van der Waals surface area contributed by atoms with Crippen molar-refractivity contribution >= 4 is 17.6 Å². The molecule has 1 N–H and O–H groups in total. The number of nitrogens with zero attached hydrogens (tertiary/aromatic N) is 1. The molecule has 2 aliphatic heterocycles. The second kappa shape index (κ2) is 5.94. The maximum atomic E-state index is 12.9. The van der Waals surface area contributed by atoms with E-state index >= 15 is 0 Å². The van der Waals surface area contributed by atoms with Crippen LogP contribution in [0.2, 0.25) is 0 Å². The quantitative estimate of drug-likeness (QED) is 0.793. The summed E-state index contributed by atoms with van der Waals surface area (Å²) >= 11 is 0. The number of carbonyl (C=O) groups excluding carboxylic acids is 2. The first-order valence-corrected chi connectivity index (χ1v) is 8.31. The van der Waals surface area contributed by atoms with Gasteiger partial charge in [0.2, 0.25) is 0 Å². The molecule has 2 heterocycles. The van der Waals surface area contributed by atoms with Gasteiger partial charge in [0.05, 0.1) is 36.5 Å². The van der Waals surface area contributed by atoms with Crippen molar-refractivity contribution in [3.05, 3.63) is 41.5 Å². The third kappa shape index (κ3) is 2.38. The lowest BCUT2D eigenvalue weighted by Crippen LogP contribution is -2.49. The molecular weight excluding hydrogens is 308 g/mol. The summed E-state index contributed by atoms with van der Waals surface area (Å²) in [4.78, 5) is 26.2. The average Bonchev–Trinajstić information content (AvgIpc) is 3.10. The zero-order chi connectivity index (χ0) is 16.7. The van der Waals surface area contributed by atoms with Crippen LogP contribution < -0.4 is 10.4 Å². The van der Waals surface area contributed by atoms with Crippen molar-refractivity contribution in [3.8, 4) is 0 Å². The number of hydrogen-bond acceptors (Lipinski definition) is 5. The number of hydrogen-bond donors (Lipinski definition) is 1. The topological polar surface area (TPSA) is 81.7 Å². The summed E-state index contributed by atoms with van der Waals surface area (Å²) in [6.07, 6.45) is 4.76. The fourth-order valence-corrected chi connectivity index (χ4v) is 3.97. The highest BCUT2D eigenvalue weighted by Gasteiger charge is 2.39. The Bertz CT molecular complexity index is 709. The Morgan fingerprint density at radius 2 is 2.04 bits per heavy atom. The van der Waals surface area contributed by atoms with Crippen LogP contribution in [0.25, 0.3) is 0 Å². The van der Waals surface area contributed by atoms with Crippen LogP contribution in [0.5, 0.6) is 0 Å². The van der Waals surface area contributed by atoms with E-state index in [0.717, 1.165) is 5.56 Å². The zero-order valence-electron chi connectivity index (χ0n) is 13.2. The Morgan fingerprint density at radius 3 is 2.79 bits per heavy atom. The average molecular weight is 327 g/mol. The normalized spacial score (nSPS) is 28.0. The summed E-state index contributed by atoms with van der Waals surface area (Å²) in [6, 6.07) is 4.82. The molecule has 24 heavy (non-hydrogen) atoms. The maximum absolute atomic E-state index is 12.9. The molecule has 0 unspecified atom stereocenters. The number of ether oxygens (including phenoxy) is 1. The Labute approximate surface area is 140 Å². The standard InChI is InChI=1S/C18H20N2O4/c21-17(20-7-9-24-10-8-20)14-6-2-4-12-11-3-1-5-13(11)16(18(22)23)19-15(12)14/h1-4,6,11,13,16,19H,5,7-10H2,(H,22,23)/p-1/t11-,13+,16+/m0/s1. The van der Waals surface area contributed by atoms with Gasteiger partial charge >= 0.3 is 0 Å². The van der Waals surface area contributed by atoms with Crippen molar-refractivity contribution in [1.29, 1.82) is 0 Å². The van der Waals surface area contributed by atoms with Gasteiger partial charge in [-0.2, -0.15) is 0 Å². The molecule has 0 aromatic heterocycles. The van der Waals surface area contributed by atoms with E-state index in [9.17, 15) is 14.7 Å². The number of benzene rings is 1. The number of para-hydroxylation sites is 1. The Balaban J connectivity index is 1.73. The van der Waals surface area contributed by atoms with Gasteiger partial charge in [-0.3, -0.25) is 4.79 Å². The summed E-state index contributed by atoms with van der Waals surface area (Å²) < 4.78 is 5.30. The Kier molecular flexibility index (Phi) is 3.76. The largest absolute Gasteiger partial charge is 0.548 e. The number of anilines is 1. The summed E-state index contributed by atoms with van der Waals surface area (Å²) in [5.41, 5.74) is 2.15. The van der Waals surface area contributed by atoms with Crippen LogP contribution in [0.1, 0.15) is 28.3 Å². The van der Waals surface area contributed by atoms with E-state index < -0.39 is 12.0 Å². The minimum absolute atomic E-state index is 0.0154. The molecule has 0 spiro atoms. The number of allylic oxidation sites excluding steroid dienone is 2. The predicted molar refractivity (Wildman–Crippen MR) is 85.6 cm³/mol. The number of amides is 1. The number of carbonyl (C=O) groups is 2. The smallest absolute Gasteiger partial charge is 0.256 e. The molecule has 1 aliphatic carbocycles. The molecule has 1 amide bonds. The molecule has 6 nitrogen and oxygen atoms in total. The highest BCUT2D eigenvalue weighted by Crippen LogP contribution is 2.45. The Morgan fingerprint density at radius 1 is 1.25 bits per heavy atom. The maximum Gasteiger partial charge on any atom is 0.256 e. The molecular formula is C18H19N2O4-. The van der Waals surface area contributed by atoms with Gasteiger partial charge in [0.25, 0.3) is 5.91 Å². The summed E-state index contributed by atoms with van der Waals surface area (Å²) in [5.74, 6) is -1.24. The highest BCUT2D eigenvalue weighted by molar-refractivity contribution is 6.01. The highest BCUT2D eigenvalue weighted by atomic mass is 16.5. The van der Waals surface area contributed by atoms with Crippen molar-refractivity contribution < 1.29 is 19.4 Å². The molecule has 0 saturated carbocycles. The molecule has 0 radical (unpaired) electrons. The molecule has 3 aliphatic rings. The monoisotopic (exact) mass is 327 g/mol. The SMILES string of the molecule is O=C([O-])[C@@H]1Nc2c(C(=O)N3CCOCC3)cccc2[C@@H]2C=CC[C@@H]12. The summed E-state index contributed by atoms with van der Waals surface area (Å²) in [5, 5.41) is 14.7. The van der Waals surface area contributed by atoms with Crippen molar-refractivity contribution in [1.82, 2.24) is 4.90 Å². The van der Waals surface area contributed by atoms with Gasteiger partial charge in [-0.25, -0.2) is 0 Å². The number of carboxylic acids is 1. The van der Waals surface area contributed by atoms with Crippen molar-refractivity contribution in [2.75, 3.05) is 31.6 Å². The molecule has 1 aromatic carbocycles. The Hall–Kier alpha value is -2.34. The molecule has 126 valence electrons. The fraction of sp³-hybridized carbons (Fsp3) is 0.444. The lowest BCUT2D eigenvalue weighted by atomic mass is 9.78. The van der Waals surface area contributed by atoms with Crippen molar-refractivity contribution in [3.63, 3.8) is 0 Å². The second-order valence-corrected chi connectivity index (χ2v) is 6.47. The third-order valence-electron chi connectivity index (χ3n) is 5.18. The zero-order valence-corrected chi connectivity index (χ0v) is 13.2.